The molecule has 228 valence electrons. The number of aromatic nitrogens is 6. The number of aromatic amines is 1. The number of nitrogens with zero attached hydrogens (tertiary/aromatic N) is 6. The zero-order valence-electron chi connectivity index (χ0n) is 25.1. The number of amides is 2. The van der Waals surface area contributed by atoms with E-state index in [0.29, 0.717) is 12.4 Å². The van der Waals surface area contributed by atoms with Crippen LogP contribution in [0.4, 0.5) is 10.5 Å². The van der Waals surface area contributed by atoms with Gasteiger partial charge in [-0.15, -0.1) is 10.2 Å². The molecule has 0 spiro atoms. The van der Waals surface area contributed by atoms with Gasteiger partial charge in [0.25, 0.3) is 0 Å². The maximum atomic E-state index is 12.7. The number of nitrogens with one attached hydrogen (secondary N) is 2. The molecule has 0 fully saturated rings. The molecule has 2 aromatic heterocycles. The summed E-state index contributed by atoms with van der Waals surface area (Å²) in [7, 11) is 1.68. The number of fused-ring (bicyclic) bond motifs is 1. The molecule has 2 amide bonds. The van der Waals surface area contributed by atoms with Gasteiger partial charge in [0.15, 0.2) is 0 Å². The minimum Gasteiger partial charge on any atom is -0.412 e. The lowest BCUT2D eigenvalue weighted by Crippen LogP contribution is -2.38. The normalized spacial score (nSPS) is 10.7. The highest BCUT2D eigenvalue weighted by Gasteiger charge is 2.18. The molecule has 11 heteroatoms. The molecule has 0 aliphatic rings. The van der Waals surface area contributed by atoms with Crippen molar-refractivity contribution in [2.24, 2.45) is 0 Å². The van der Waals surface area contributed by atoms with Crippen LogP contribution in [0, 0.1) is 0 Å². The van der Waals surface area contributed by atoms with E-state index in [1.54, 1.807) is 7.05 Å². The van der Waals surface area contributed by atoms with Crippen molar-refractivity contribution in [1.82, 2.24) is 35.5 Å². The number of aryl methyl sites for hydroxylation is 1. The Bertz CT molecular complexity index is 1580. The zero-order chi connectivity index (χ0) is 28.6. The molecule has 0 atom stereocenters. The number of anilines is 1. The van der Waals surface area contributed by atoms with Gasteiger partial charge in [0.05, 0.1) is 11.0 Å². The van der Waals surface area contributed by atoms with E-state index in [0.717, 1.165) is 84.3 Å². The molecule has 0 unspecified atom stereocenters. The van der Waals surface area contributed by atoms with E-state index in [-0.39, 0.29) is 17.0 Å². The lowest BCUT2D eigenvalue weighted by molar-refractivity contribution is 0.248. The molecular weight excluding hydrogens is 544 g/mol. The van der Waals surface area contributed by atoms with Crippen LogP contribution in [0.2, 0.25) is 0 Å². The molecule has 2 heterocycles. The Morgan fingerprint density at radius 2 is 1.67 bits per heavy atom. The second kappa shape index (κ2) is 15.6. The molecule has 3 aromatic carbocycles. The number of hydrogen-bond acceptors (Lipinski definition) is 5. The Morgan fingerprint density at radius 3 is 2.35 bits per heavy atom. The molecule has 0 radical (unpaired) electrons. The standard InChI is InChI=1S/C32H38N8O.2H2O/c1-4-6-10-20-39(32(41)33-3)25-18-19-29-28(21-25)34-30(13-7-5-2)40(29)22-23-14-16-24(17-15-23)26-11-8-9-12-27(26)31-35-37-38-36-31;;/h8-9,11-12,14-19,21H,4-7,10,13,20,22H2,1-3H3,(H,33,41)(H,35,36,37,38);2*1H2. The smallest absolute Gasteiger partial charge is 0.321 e. The van der Waals surface area contributed by atoms with Crippen LogP contribution in [0.3, 0.4) is 0 Å². The highest BCUT2D eigenvalue weighted by Crippen LogP contribution is 2.30. The summed E-state index contributed by atoms with van der Waals surface area (Å²) >= 11 is 0. The van der Waals surface area contributed by atoms with Crippen molar-refractivity contribution in [2.45, 2.75) is 58.9 Å². The van der Waals surface area contributed by atoms with Crippen LogP contribution in [-0.4, -0.2) is 60.8 Å². The third-order valence-corrected chi connectivity index (χ3v) is 7.44. The van der Waals surface area contributed by atoms with Crippen LogP contribution in [0.15, 0.2) is 66.7 Å². The fourth-order valence-electron chi connectivity index (χ4n) is 5.22. The Hall–Kier alpha value is -4.61. The first-order chi connectivity index (χ1) is 20.1. The number of tetrazole rings is 1. The minimum atomic E-state index is -0.0907. The van der Waals surface area contributed by atoms with Gasteiger partial charge in [-0.3, -0.25) is 4.90 Å². The highest BCUT2D eigenvalue weighted by molar-refractivity contribution is 5.94. The predicted octanol–water partition coefficient (Wildman–Crippen LogP) is 4.96. The summed E-state index contributed by atoms with van der Waals surface area (Å²) in [6, 6.07) is 22.9. The molecular formula is C32H42N8O3. The van der Waals surface area contributed by atoms with Crippen molar-refractivity contribution in [3.05, 3.63) is 78.1 Å². The molecule has 43 heavy (non-hydrogen) atoms. The van der Waals surface area contributed by atoms with Crippen molar-refractivity contribution >= 4 is 22.8 Å². The van der Waals surface area contributed by atoms with Gasteiger partial charge in [-0.05, 0) is 52.9 Å². The topological polar surface area (TPSA) is 168 Å². The van der Waals surface area contributed by atoms with E-state index >= 15 is 0 Å². The quantitative estimate of drug-likeness (QED) is 0.197. The van der Waals surface area contributed by atoms with Crippen LogP contribution in [0.5, 0.6) is 0 Å². The average Bonchev–Trinajstić information content (AvgIpc) is 3.67. The summed E-state index contributed by atoms with van der Waals surface area (Å²) in [5.41, 5.74) is 7.16. The maximum Gasteiger partial charge on any atom is 0.321 e. The highest BCUT2D eigenvalue weighted by atomic mass is 16.2. The minimum absolute atomic E-state index is 0. The summed E-state index contributed by atoms with van der Waals surface area (Å²) in [4.78, 5) is 19.6. The van der Waals surface area contributed by atoms with Crippen molar-refractivity contribution in [3.8, 4) is 22.5 Å². The molecule has 0 aliphatic heterocycles. The van der Waals surface area contributed by atoms with Gasteiger partial charge in [0.1, 0.15) is 5.82 Å². The van der Waals surface area contributed by atoms with Crippen LogP contribution in [0.25, 0.3) is 33.5 Å². The molecule has 6 N–H and O–H groups in total. The van der Waals surface area contributed by atoms with Gasteiger partial charge in [0.2, 0.25) is 5.82 Å². The SMILES string of the molecule is CCCCCN(C(=O)NC)c1ccc2c(c1)nc(CCCC)n2Cc1ccc(-c2ccccc2-c2nn[nH]n2)cc1.O.O. The van der Waals surface area contributed by atoms with Gasteiger partial charge in [-0.2, -0.15) is 5.21 Å². The summed E-state index contributed by atoms with van der Waals surface area (Å²) in [6.45, 7) is 5.78. The van der Waals surface area contributed by atoms with Crippen molar-refractivity contribution in [2.75, 3.05) is 18.5 Å². The van der Waals surface area contributed by atoms with Crippen molar-refractivity contribution < 1.29 is 15.7 Å². The Balaban J connectivity index is 0.00000253. The number of benzene rings is 3. The largest absolute Gasteiger partial charge is 0.412 e. The third kappa shape index (κ3) is 7.43. The first kappa shape index (κ1) is 32.9. The van der Waals surface area contributed by atoms with Crippen LogP contribution < -0.4 is 10.2 Å². The Kier molecular flexibility index (Phi) is 11.9. The second-order valence-electron chi connectivity index (χ2n) is 10.3. The predicted molar refractivity (Wildman–Crippen MR) is 171 cm³/mol. The Labute approximate surface area is 252 Å². The number of H-pyrrole nitrogens is 1. The fourth-order valence-corrected chi connectivity index (χ4v) is 5.22. The summed E-state index contributed by atoms with van der Waals surface area (Å²) in [6.07, 6.45) is 6.25. The van der Waals surface area contributed by atoms with Gasteiger partial charge >= 0.3 is 6.03 Å². The van der Waals surface area contributed by atoms with Crippen LogP contribution in [0.1, 0.15) is 57.3 Å². The lowest BCUT2D eigenvalue weighted by Gasteiger charge is -2.22. The number of unbranched alkanes of at least 4 members (excludes halogenated alkanes) is 3. The van der Waals surface area contributed by atoms with Gasteiger partial charge in [-0.25, -0.2) is 9.78 Å². The molecule has 5 aromatic rings. The number of carbonyl (C=O) groups excluding carboxylic acids is 1. The third-order valence-electron chi connectivity index (χ3n) is 7.44. The molecule has 0 saturated heterocycles. The first-order valence-corrected chi connectivity index (χ1v) is 14.5. The molecule has 0 saturated carbocycles. The summed E-state index contributed by atoms with van der Waals surface area (Å²) in [5, 5.41) is 17.4. The van der Waals surface area contributed by atoms with Gasteiger partial charge in [0, 0.05) is 37.8 Å². The number of imidazole rings is 1. The van der Waals surface area contributed by atoms with E-state index in [1.807, 2.05) is 29.2 Å². The summed E-state index contributed by atoms with van der Waals surface area (Å²) < 4.78 is 2.32. The van der Waals surface area contributed by atoms with E-state index in [1.165, 1.54) is 5.56 Å². The number of hydrogen-bond donors (Lipinski definition) is 2. The average molecular weight is 587 g/mol. The zero-order valence-corrected chi connectivity index (χ0v) is 25.1. The number of rotatable bonds is 12. The fraction of sp³-hybridized carbons (Fsp3) is 0.344. The lowest BCUT2D eigenvalue weighted by atomic mass is 9.98. The van der Waals surface area contributed by atoms with E-state index in [4.69, 9.17) is 4.98 Å². The number of carbonyl (C=O) groups is 1. The van der Waals surface area contributed by atoms with Gasteiger partial charge in [-0.1, -0.05) is 81.6 Å². The van der Waals surface area contributed by atoms with E-state index in [9.17, 15) is 4.79 Å². The molecule has 5 rings (SSSR count). The second-order valence-corrected chi connectivity index (χ2v) is 10.3. The van der Waals surface area contributed by atoms with E-state index in [2.05, 4.69) is 86.8 Å². The van der Waals surface area contributed by atoms with Crippen LogP contribution in [-0.2, 0) is 13.0 Å². The maximum absolute atomic E-state index is 12.7. The van der Waals surface area contributed by atoms with Crippen molar-refractivity contribution in [1.29, 1.82) is 0 Å². The molecule has 11 nitrogen and oxygen atoms in total. The monoisotopic (exact) mass is 586 g/mol. The first-order valence-electron chi connectivity index (χ1n) is 14.5. The molecule has 0 bridgehead atoms. The van der Waals surface area contributed by atoms with Gasteiger partial charge < -0.3 is 20.8 Å². The number of urea groups is 1. The summed E-state index contributed by atoms with van der Waals surface area (Å²) in [5.74, 6) is 1.65. The van der Waals surface area contributed by atoms with Crippen LogP contribution >= 0.6 is 0 Å². The molecule has 0 aliphatic carbocycles. The van der Waals surface area contributed by atoms with E-state index < -0.39 is 0 Å². The van der Waals surface area contributed by atoms with Crippen molar-refractivity contribution in [3.63, 3.8) is 0 Å². The Morgan fingerprint density at radius 1 is 0.930 bits per heavy atom.